The molecule has 2 fully saturated rings. The first-order valence-corrected chi connectivity index (χ1v) is 11.0. The first-order valence-electron chi connectivity index (χ1n) is 11.0. The molecule has 1 atom stereocenters. The minimum absolute atomic E-state index is 0.0284. The van der Waals surface area contributed by atoms with Gasteiger partial charge in [-0.25, -0.2) is 4.39 Å². The van der Waals surface area contributed by atoms with Gasteiger partial charge in [0, 0.05) is 26.1 Å². The third-order valence-electron chi connectivity index (χ3n) is 6.36. The summed E-state index contributed by atoms with van der Waals surface area (Å²) in [5.74, 6) is 0.352. The molecular formula is C25H29FN2O2. The maximum absolute atomic E-state index is 13.5. The van der Waals surface area contributed by atoms with Crippen LogP contribution in [0.5, 0.6) is 0 Å². The Morgan fingerprint density at radius 3 is 2.47 bits per heavy atom. The smallest absolute Gasteiger partial charge is 0.250 e. The lowest BCUT2D eigenvalue weighted by Crippen LogP contribution is -2.49. The van der Waals surface area contributed by atoms with Crippen LogP contribution < -0.4 is 0 Å². The highest BCUT2D eigenvalue weighted by molar-refractivity contribution is 5.89. The molecule has 2 saturated heterocycles. The molecule has 5 heteroatoms. The Bertz CT molecular complexity index is 878. The molecule has 2 amide bonds. The van der Waals surface area contributed by atoms with Crippen molar-refractivity contribution in [3.05, 3.63) is 71.5 Å². The summed E-state index contributed by atoms with van der Waals surface area (Å²) in [6, 6.07) is 15.9. The Morgan fingerprint density at radius 2 is 1.77 bits per heavy atom. The molecule has 0 bridgehead atoms. The molecule has 2 aliphatic heterocycles. The maximum Gasteiger partial charge on any atom is 0.250 e. The predicted molar refractivity (Wildman–Crippen MR) is 114 cm³/mol. The van der Waals surface area contributed by atoms with Gasteiger partial charge in [-0.3, -0.25) is 9.59 Å². The highest BCUT2D eigenvalue weighted by atomic mass is 19.1. The van der Waals surface area contributed by atoms with Gasteiger partial charge < -0.3 is 9.80 Å². The largest absolute Gasteiger partial charge is 0.341 e. The van der Waals surface area contributed by atoms with Gasteiger partial charge in [-0.2, -0.15) is 0 Å². The zero-order valence-electron chi connectivity index (χ0n) is 17.3. The van der Waals surface area contributed by atoms with Gasteiger partial charge in [-0.1, -0.05) is 42.5 Å². The van der Waals surface area contributed by atoms with Gasteiger partial charge in [0.2, 0.25) is 11.8 Å². The van der Waals surface area contributed by atoms with Crippen molar-refractivity contribution >= 4 is 11.8 Å². The van der Waals surface area contributed by atoms with E-state index in [2.05, 4.69) is 0 Å². The summed E-state index contributed by atoms with van der Waals surface area (Å²) >= 11 is 0. The Hall–Kier alpha value is -2.69. The monoisotopic (exact) mass is 408 g/mol. The van der Waals surface area contributed by atoms with Crippen molar-refractivity contribution in [1.29, 1.82) is 0 Å². The Morgan fingerprint density at radius 1 is 1.00 bits per heavy atom. The second-order valence-corrected chi connectivity index (χ2v) is 8.46. The molecule has 158 valence electrons. The third-order valence-corrected chi connectivity index (χ3v) is 6.36. The molecule has 2 aromatic rings. The zero-order valence-corrected chi connectivity index (χ0v) is 17.3. The van der Waals surface area contributed by atoms with Crippen LogP contribution in [0.25, 0.3) is 0 Å². The number of amides is 2. The van der Waals surface area contributed by atoms with Crippen molar-refractivity contribution in [2.75, 3.05) is 19.6 Å². The van der Waals surface area contributed by atoms with Gasteiger partial charge in [0.15, 0.2) is 0 Å². The van der Waals surface area contributed by atoms with Crippen molar-refractivity contribution in [3.8, 4) is 0 Å². The van der Waals surface area contributed by atoms with Crippen LogP contribution in [0.2, 0.25) is 0 Å². The lowest BCUT2D eigenvalue weighted by molar-refractivity contribution is -0.148. The summed E-state index contributed by atoms with van der Waals surface area (Å²) in [6.45, 7) is 2.01. The molecule has 4 nitrogen and oxygen atoms in total. The number of carbonyl (C=O) groups excluding carboxylic acids is 2. The van der Waals surface area contributed by atoms with E-state index in [9.17, 15) is 14.0 Å². The summed E-state index contributed by atoms with van der Waals surface area (Å²) in [7, 11) is 0. The normalized spacial score (nSPS) is 19.0. The van der Waals surface area contributed by atoms with Gasteiger partial charge in [0.1, 0.15) is 11.9 Å². The van der Waals surface area contributed by atoms with Crippen LogP contribution in [-0.4, -0.2) is 41.2 Å². The average Bonchev–Trinajstić information content (AvgIpc) is 2.76. The van der Waals surface area contributed by atoms with Crippen LogP contribution in [0.4, 0.5) is 4.39 Å². The third kappa shape index (κ3) is 4.72. The van der Waals surface area contributed by atoms with Crippen LogP contribution >= 0.6 is 0 Å². The quantitative estimate of drug-likeness (QED) is 0.738. The van der Waals surface area contributed by atoms with Gasteiger partial charge in [-0.05, 0) is 61.3 Å². The lowest BCUT2D eigenvalue weighted by atomic mass is 9.89. The van der Waals surface area contributed by atoms with E-state index in [1.165, 1.54) is 6.07 Å². The molecule has 0 spiro atoms. The number of benzene rings is 2. The Kier molecular flexibility index (Phi) is 6.46. The molecule has 0 saturated carbocycles. The average molecular weight is 409 g/mol. The Labute approximate surface area is 177 Å². The second kappa shape index (κ2) is 9.41. The van der Waals surface area contributed by atoms with E-state index in [1.807, 2.05) is 41.3 Å². The molecule has 0 N–H and O–H groups in total. The minimum atomic E-state index is -0.529. The summed E-state index contributed by atoms with van der Waals surface area (Å²) < 4.78 is 13.5. The van der Waals surface area contributed by atoms with Crippen LogP contribution in [-0.2, 0) is 16.0 Å². The molecule has 2 aromatic carbocycles. The molecule has 0 radical (unpaired) electrons. The number of rotatable bonds is 5. The number of hydrogen-bond acceptors (Lipinski definition) is 2. The molecule has 30 heavy (non-hydrogen) atoms. The maximum atomic E-state index is 13.5. The summed E-state index contributed by atoms with van der Waals surface area (Å²) in [6.07, 6.45) is 5.00. The lowest BCUT2D eigenvalue weighted by Gasteiger charge is -2.39. The van der Waals surface area contributed by atoms with Crippen LogP contribution in [0.1, 0.15) is 49.3 Å². The van der Waals surface area contributed by atoms with Crippen molar-refractivity contribution in [2.24, 2.45) is 5.92 Å². The highest BCUT2D eigenvalue weighted by Gasteiger charge is 2.36. The number of piperidine rings is 2. The summed E-state index contributed by atoms with van der Waals surface area (Å²) in [4.78, 5) is 29.8. The fraction of sp³-hybridized carbons (Fsp3) is 0.440. The van der Waals surface area contributed by atoms with Crippen molar-refractivity contribution < 1.29 is 14.0 Å². The predicted octanol–water partition coefficient (Wildman–Crippen LogP) is 4.36. The van der Waals surface area contributed by atoms with E-state index < -0.39 is 6.04 Å². The van der Waals surface area contributed by atoms with Crippen molar-refractivity contribution in [2.45, 2.75) is 44.6 Å². The van der Waals surface area contributed by atoms with E-state index in [0.717, 1.165) is 43.2 Å². The fourth-order valence-electron chi connectivity index (χ4n) is 4.72. The Balaban J connectivity index is 1.44. The standard InChI is InChI=1S/C25H29FN2O2/c26-22-10-6-7-20(18-22)17-19-12-15-27(16-13-19)25(30)24(21-8-2-1-3-9-21)28-14-5-4-11-23(28)29/h1-3,6-10,18-19,24H,4-5,11-17H2. The molecular weight excluding hydrogens is 379 g/mol. The van der Waals surface area contributed by atoms with Gasteiger partial charge in [0.05, 0.1) is 0 Å². The molecule has 1 unspecified atom stereocenters. The van der Waals surface area contributed by atoms with Gasteiger partial charge in [0.25, 0.3) is 0 Å². The van der Waals surface area contributed by atoms with E-state index in [0.29, 0.717) is 32.0 Å². The topological polar surface area (TPSA) is 40.6 Å². The second-order valence-electron chi connectivity index (χ2n) is 8.46. The molecule has 2 aliphatic rings. The van der Waals surface area contributed by atoms with Crippen LogP contribution in [0, 0.1) is 11.7 Å². The number of carbonyl (C=O) groups is 2. The number of hydrogen-bond donors (Lipinski definition) is 0. The summed E-state index contributed by atoms with van der Waals surface area (Å²) in [5.41, 5.74) is 1.90. The zero-order chi connectivity index (χ0) is 20.9. The van der Waals surface area contributed by atoms with Gasteiger partial charge in [-0.15, -0.1) is 0 Å². The van der Waals surface area contributed by atoms with Gasteiger partial charge >= 0.3 is 0 Å². The first kappa shape index (κ1) is 20.6. The highest BCUT2D eigenvalue weighted by Crippen LogP contribution is 2.30. The molecule has 4 rings (SSSR count). The van der Waals surface area contributed by atoms with E-state index >= 15 is 0 Å². The fourth-order valence-corrected chi connectivity index (χ4v) is 4.72. The van der Waals surface area contributed by atoms with E-state index in [-0.39, 0.29) is 17.6 Å². The number of likely N-dealkylation sites (tertiary alicyclic amines) is 2. The SMILES string of the molecule is O=C(C(c1ccccc1)N1CCCCC1=O)N1CCC(Cc2cccc(F)c2)CC1. The summed E-state index contributed by atoms with van der Waals surface area (Å²) in [5, 5.41) is 0. The minimum Gasteiger partial charge on any atom is -0.341 e. The molecule has 0 aliphatic carbocycles. The van der Waals surface area contributed by atoms with E-state index in [1.54, 1.807) is 17.0 Å². The van der Waals surface area contributed by atoms with E-state index in [4.69, 9.17) is 0 Å². The number of nitrogens with zero attached hydrogens (tertiary/aromatic N) is 2. The molecule has 0 aromatic heterocycles. The first-order chi connectivity index (χ1) is 14.6. The van der Waals surface area contributed by atoms with Crippen molar-refractivity contribution in [3.63, 3.8) is 0 Å². The van der Waals surface area contributed by atoms with Crippen LogP contribution in [0.3, 0.4) is 0 Å². The number of halogens is 1. The van der Waals surface area contributed by atoms with Crippen LogP contribution in [0.15, 0.2) is 54.6 Å². The molecule has 2 heterocycles. The van der Waals surface area contributed by atoms with Crippen molar-refractivity contribution in [1.82, 2.24) is 9.80 Å².